The molecule has 6 rings (SSSR count). The highest BCUT2D eigenvalue weighted by atomic mass is 16.3. The molecule has 4 heterocycles. The third-order valence-electron chi connectivity index (χ3n) is 7.83. The van der Waals surface area contributed by atoms with Crippen LogP contribution in [0.2, 0.25) is 0 Å². The minimum atomic E-state index is -1.14. The number of aromatic nitrogens is 7. The number of nitrogens with one attached hydrogen (secondary N) is 2. The number of allylic oxidation sites excluding steroid dienone is 1. The molecule has 0 amide bonds. The average Bonchev–Trinajstić information content (AvgIpc) is 3.61. The van der Waals surface area contributed by atoms with E-state index in [1.54, 1.807) is 42.8 Å². The number of aliphatic hydroxyl groups is 1. The average molecular weight is 551 g/mol. The first-order valence-corrected chi connectivity index (χ1v) is 14.0. The largest absolute Gasteiger partial charge is 0.384 e. The van der Waals surface area contributed by atoms with E-state index in [0.29, 0.717) is 40.3 Å². The van der Waals surface area contributed by atoms with Crippen LogP contribution in [0, 0.1) is 0 Å². The molecule has 1 aliphatic rings. The minimum Gasteiger partial charge on any atom is -0.384 e. The van der Waals surface area contributed by atoms with E-state index >= 15 is 0 Å². The molecule has 0 unspecified atom stereocenters. The number of hydrogen-bond acceptors (Lipinski definition) is 7. The van der Waals surface area contributed by atoms with Crippen molar-refractivity contribution in [2.75, 3.05) is 5.32 Å². The van der Waals surface area contributed by atoms with Crippen LogP contribution in [-0.2, 0) is 12.1 Å². The first-order chi connectivity index (χ1) is 19.8. The molecular formula is C31H34N8O2. The third kappa shape index (κ3) is 5.30. The number of aromatic amines is 1. The van der Waals surface area contributed by atoms with Gasteiger partial charge in [-0.25, -0.2) is 24.3 Å². The Bertz CT molecular complexity index is 1720. The molecular weight excluding hydrogens is 516 g/mol. The first kappa shape index (κ1) is 26.6. The van der Waals surface area contributed by atoms with Gasteiger partial charge in [0.1, 0.15) is 16.8 Å². The molecule has 0 spiro atoms. The maximum Gasteiger partial charge on any atom is 0.278 e. The van der Waals surface area contributed by atoms with Crippen LogP contribution in [0.15, 0.2) is 78.5 Å². The number of H-pyrrole nitrogens is 1. The van der Waals surface area contributed by atoms with Crippen molar-refractivity contribution in [3.63, 3.8) is 0 Å². The summed E-state index contributed by atoms with van der Waals surface area (Å²) in [6, 6.07) is 13.8. The molecule has 1 aliphatic carbocycles. The Labute approximate surface area is 237 Å². The fraction of sp³-hybridized carbons (Fsp3) is 0.323. The number of anilines is 2. The Kier molecular flexibility index (Phi) is 7.00. The number of benzene rings is 1. The maximum atomic E-state index is 13.3. The Morgan fingerprint density at radius 1 is 1.07 bits per heavy atom. The molecule has 10 nitrogen and oxygen atoms in total. The normalized spacial score (nSPS) is 17.5. The van der Waals surface area contributed by atoms with Crippen molar-refractivity contribution in [3.05, 3.63) is 101 Å². The van der Waals surface area contributed by atoms with Crippen LogP contribution in [0.4, 0.5) is 11.6 Å². The molecule has 0 bridgehead atoms. The van der Waals surface area contributed by atoms with Gasteiger partial charge in [0.25, 0.3) is 5.56 Å². The summed E-state index contributed by atoms with van der Waals surface area (Å²) in [5, 5.41) is 14.2. The van der Waals surface area contributed by atoms with E-state index in [2.05, 4.69) is 44.0 Å². The molecule has 3 N–H and O–H groups in total. The van der Waals surface area contributed by atoms with E-state index in [0.717, 1.165) is 37.2 Å². The molecule has 1 saturated carbocycles. The lowest BCUT2D eigenvalue weighted by molar-refractivity contribution is 0.0738. The Morgan fingerprint density at radius 2 is 1.83 bits per heavy atom. The van der Waals surface area contributed by atoms with Crippen LogP contribution < -0.4 is 10.9 Å². The fourth-order valence-electron chi connectivity index (χ4n) is 5.66. The molecule has 0 aliphatic heterocycles. The van der Waals surface area contributed by atoms with Crippen LogP contribution in [0.3, 0.4) is 0 Å². The zero-order chi connectivity index (χ0) is 28.6. The van der Waals surface area contributed by atoms with E-state index < -0.39 is 5.60 Å². The summed E-state index contributed by atoms with van der Waals surface area (Å²) in [7, 11) is 0. The molecule has 210 valence electrons. The van der Waals surface area contributed by atoms with Crippen LogP contribution in [0.25, 0.3) is 16.9 Å². The predicted octanol–water partition coefficient (Wildman–Crippen LogP) is 5.30. The van der Waals surface area contributed by atoms with E-state index in [1.807, 2.05) is 24.5 Å². The molecule has 0 atom stereocenters. The highest BCUT2D eigenvalue weighted by Gasteiger charge is 2.25. The topological polar surface area (TPSA) is 127 Å². The lowest BCUT2D eigenvalue weighted by Crippen LogP contribution is -2.23. The monoisotopic (exact) mass is 550 g/mol. The quantitative estimate of drug-likeness (QED) is 0.224. The van der Waals surface area contributed by atoms with Gasteiger partial charge in [0.15, 0.2) is 11.5 Å². The van der Waals surface area contributed by atoms with Gasteiger partial charge in [-0.05, 0) is 75.3 Å². The minimum absolute atomic E-state index is 0.243. The Morgan fingerprint density at radius 3 is 2.51 bits per heavy atom. The van der Waals surface area contributed by atoms with E-state index in [4.69, 9.17) is 4.98 Å². The van der Waals surface area contributed by atoms with Gasteiger partial charge >= 0.3 is 0 Å². The molecule has 0 saturated heterocycles. The third-order valence-corrected chi connectivity index (χ3v) is 7.83. The summed E-state index contributed by atoms with van der Waals surface area (Å²) < 4.78 is 3.17. The lowest BCUT2D eigenvalue weighted by Gasteiger charge is -2.27. The Hall–Kier alpha value is -4.57. The second-order valence-corrected chi connectivity index (χ2v) is 11.1. The molecule has 0 radical (unpaired) electrons. The predicted molar refractivity (Wildman–Crippen MR) is 159 cm³/mol. The molecule has 5 aromatic rings. The lowest BCUT2D eigenvalue weighted by atomic mass is 9.78. The second-order valence-electron chi connectivity index (χ2n) is 11.1. The van der Waals surface area contributed by atoms with E-state index in [-0.39, 0.29) is 12.1 Å². The first-order valence-electron chi connectivity index (χ1n) is 14.0. The van der Waals surface area contributed by atoms with Gasteiger partial charge in [0, 0.05) is 30.2 Å². The summed E-state index contributed by atoms with van der Waals surface area (Å²) in [6.45, 7) is 7.41. The molecule has 4 aromatic heterocycles. The van der Waals surface area contributed by atoms with Crippen molar-refractivity contribution in [1.29, 1.82) is 0 Å². The van der Waals surface area contributed by atoms with Crippen LogP contribution in [0.1, 0.15) is 68.4 Å². The molecule has 1 aromatic carbocycles. The van der Waals surface area contributed by atoms with Crippen molar-refractivity contribution >= 4 is 22.7 Å². The number of rotatable bonds is 8. The van der Waals surface area contributed by atoms with Gasteiger partial charge in [0.2, 0.25) is 5.95 Å². The van der Waals surface area contributed by atoms with Crippen molar-refractivity contribution in [2.24, 2.45) is 0 Å². The summed E-state index contributed by atoms with van der Waals surface area (Å²) >= 11 is 0. The molecule has 1 fully saturated rings. The zero-order valence-electron chi connectivity index (χ0n) is 23.3. The summed E-state index contributed by atoms with van der Waals surface area (Å²) in [4.78, 5) is 34.8. The number of fused-ring (bicyclic) bond motifs is 1. The fourth-order valence-corrected chi connectivity index (χ4v) is 5.66. The highest BCUT2D eigenvalue weighted by Crippen LogP contribution is 2.39. The summed E-state index contributed by atoms with van der Waals surface area (Å²) in [5.74, 6) is 2.99. The SMILES string of the molecule is C=CCn1c(=O)c2cnc(Nc3ccc(C4CCC(c5ncc[nH]5)CC4)cc3)nc2n1-c1cccc(C(C)(C)O)n1. The zero-order valence-corrected chi connectivity index (χ0v) is 23.3. The van der Waals surface area contributed by atoms with Gasteiger partial charge in [-0.1, -0.05) is 24.3 Å². The van der Waals surface area contributed by atoms with Crippen molar-refractivity contribution in [3.8, 4) is 5.82 Å². The highest BCUT2D eigenvalue weighted by molar-refractivity contribution is 5.77. The van der Waals surface area contributed by atoms with Gasteiger partial charge in [-0.3, -0.25) is 4.79 Å². The summed E-state index contributed by atoms with van der Waals surface area (Å²) in [6.07, 6.45) is 11.5. The van der Waals surface area contributed by atoms with Crippen molar-refractivity contribution in [1.82, 2.24) is 34.3 Å². The number of pyridine rings is 1. The smallest absolute Gasteiger partial charge is 0.278 e. The summed E-state index contributed by atoms with van der Waals surface area (Å²) in [5.41, 5.74) is 1.70. The Balaban J connectivity index is 1.26. The van der Waals surface area contributed by atoms with E-state index in [9.17, 15) is 9.90 Å². The van der Waals surface area contributed by atoms with Crippen molar-refractivity contribution < 1.29 is 5.11 Å². The molecule has 10 heteroatoms. The van der Waals surface area contributed by atoms with Gasteiger partial charge in [-0.15, -0.1) is 6.58 Å². The second kappa shape index (κ2) is 10.8. The van der Waals surface area contributed by atoms with Gasteiger partial charge in [-0.2, -0.15) is 4.98 Å². The number of hydrogen-bond donors (Lipinski definition) is 3. The van der Waals surface area contributed by atoms with Crippen LogP contribution in [0.5, 0.6) is 0 Å². The number of nitrogens with zero attached hydrogens (tertiary/aromatic N) is 6. The standard InChI is InChI=1S/C31H34N8O2/c1-4-18-38-29(40)24-19-34-30(37-28(24)39(38)26-7-5-6-25(36-26)31(2,3)41)35-23-14-12-21(13-15-23)20-8-10-22(11-9-20)27-32-16-17-33-27/h4-7,12-17,19-20,22,41H,1,8-11,18H2,2-3H3,(H,32,33)(H,34,35,37). The molecule has 41 heavy (non-hydrogen) atoms. The van der Waals surface area contributed by atoms with E-state index in [1.165, 1.54) is 16.4 Å². The van der Waals surface area contributed by atoms with Crippen molar-refractivity contribution in [2.45, 2.75) is 63.5 Å². The van der Waals surface area contributed by atoms with Crippen LogP contribution >= 0.6 is 0 Å². The maximum absolute atomic E-state index is 13.3. The number of imidazole rings is 1. The van der Waals surface area contributed by atoms with Gasteiger partial charge < -0.3 is 15.4 Å². The van der Waals surface area contributed by atoms with Gasteiger partial charge in [0.05, 0.1) is 12.2 Å². The van der Waals surface area contributed by atoms with Crippen LogP contribution in [-0.4, -0.2) is 39.4 Å².